The predicted octanol–water partition coefficient (Wildman–Crippen LogP) is 4.25. The van der Waals surface area contributed by atoms with Crippen molar-refractivity contribution in [1.29, 1.82) is 0 Å². The number of hydrogen-bond donors (Lipinski definition) is 1. The molecule has 0 bridgehead atoms. The fourth-order valence-electron chi connectivity index (χ4n) is 3.00. The summed E-state index contributed by atoms with van der Waals surface area (Å²) in [5, 5.41) is 2.88. The molecule has 1 amide bonds. The van der Waals surface area contributed by atoms with Gasteiger partial charge in [0.15, 0.2) is 17.3 Å². The summed E-state index contributed by atoms with van der Waals surface area (Å²) in [6.45, 7) is 2.75. The second-order valence-corrected chi connectivity index (χ2v) is 6.34. The molecule has 0 unspecified atom stereocenters. The highest BCUT2D eigenvalue weighted by Crippen LogP contribution is 2.28. The van der Waals surface area contributed by atoms with Crippen LogP contribution >= 0.6 is 0 Å². The first-order chi connectivity index (χ1) is 14.1. The summed E-state index contributed by atoms with van der Waals surface area (Å²) in [5.74, 6) is 0.777. The van der Waals surface area contributed by atoms with E-state index in [0.717, 1.165) is 5.56 Å². The second kappa shape index (κ2) is 9.55. The van der Waals surface area contributed by atoms with E-state index in [2.05, 4.69) is 5.32 Å². The molecule has 0 saturated carbocycles. The number of ether oxygens (including phenoxy) is 2. The molecular weight excluding hydrogens is 366 g/mol. The van der Waals surface area contributed by atoms with Gasteiger partial charge in [0.1, 0.15) is 0 Å². The van der Waals surface area contributed by atoms with Crippen LogP contribution in [-0.4, -0.2) is 25.4 Å². The molecule has 5 nitrogen and oxygen atoms in total. The molecule has 1 N–H and O–H groups in total. The summed E-state index contributed by atoms with van der Waals surface area (Å²) in [4.78, 5) is 25.6. The van der Waals surface area contributed by atoms with Crippen molar-refractivity contribution in [2.24, 2.45) is 0 Å². The minimum absolute atomic E-state index is 0.181. The van der Waals surface area contributed by atoms with E-state index in [-0.39, 0.29) is 11.7 Å². The van der Waals surface area contributed by atoms with Gasteiger partial charge in [0.2, 0.25) is 0 Å². The van der Waals surface area contributed by atoms with Gasteiger partial charge in [-0.1, -0.05) is 54.6 Å². The third kappa shape index (κ3) is 4.82. The predicted molar refractivity (Wildman–Crippen MR) is 112 cm³/mol. The molecule has 3 aromatic carbocycles. The highest BCUT2D eigenvalue weighted by atomic mass is 16.5. The third-order valence-corrected chi connectivity index (χ3v) is 4.43. The quantitative estimate of drug-likeness (QED) is 0.585. The average Bonchev–Trinajstić information content (AvgIpc) is 2.78. The number of nitrogens with one attached hydrogen (secondary N) is 1. The Hall–Kier alpha value is -3.60. The molecule has 0 spiro atoms. The van der Waals surface area contributed by atoms with Gasteiger partial charge in [-0.3, -0.25) is 9.59 Å². The summed E-state index contributed by atoms with van der Waals surface area (Å²) in [7, 11) is 1.58. The number of carbonyl (C=O) groups excluding carboxylic acids is 2. The van der Waals surface area contributed by atoms with Crippen LogP contribution in [0.5, 0.6) is 11.5 Å². The molecule has 0 aliphatic carbocycles. The highest BCUT2D eigenvalue weighted by Gasteiger charge is 2.18. The van der Waals surface area contributed by atoms with Crippen LogP contribution in [0.4, 0.5) is 0 Å². The standard InChI is InChI=1S/C24H23NO4/c1-3-29-21-14-13-17(15-22(21)28-2)16-25-24(27)20-12-8-7-11-19(20)23(26)18-9-5-4-6-10-18/h4-15H,3,16H2,1-2H3,(H,25,27). The van der Waals surface area contributed by atoms with Crippen LogP contribution in [0.3, 0.4) is 0 Å². The Morgan fingerprint density at radius 2 is 1.55 bits per heavy atom. The van der Waals surface area contributed by atoms with Gasteiger partial charge in [-0.25, -0.2) is 0 Å². The van der Waals surface area contributed by atoms with Gasteiger partial charge in [0, 0.05) is 17.7 Å². The maximum absolute atomic E-state index is 12.8. The normalized spacial score (nSPS) is 10.3. The first-order valence-electron chi connectivity index (χ1n) is 9.40. The molecule has 0 aromatic heterocycles. The van der Waals surface area contributed by atoms with Crippen LogP contribution in [0.25, 0.3) is 0 Å². The maximum atomic E-state index is 12.8. The Kier molecular flexibility index (Phi) is 6.63. The van der Waals surface area contributed by atoms with Gasteiger partial charge in [-0.2, -0.15) is 0 Å². The molecule has 0 aliphatic heterocycles. The first kappa shape index (κ1) is 20.1. The molecule has 0 fully saturated rings. The minimum atomic E-state index is -0.308. The lowest BCUT2D eigenvalue weighted by Gasteiger charge is -2.12. The SMILES string of the molecule is CCOc1ccc(CNC(=O)c2ccccc2C(=O)c2ccccc2)cc1OC. The molecular formula is C24H23NO4. The van der Waals surface area contributed by atoms with Gasteiger partial charge in [-0.15, -0.1) is 0 Å². The molecule has 0 aliphatic rings. The number of rotatable bonds is 8. The molecule has 0 saturated heterocycles. The van der Waals surface area contributed by atoms with E-state index in [0.29, 0.717) is 41.3 Å². The van der Waals surface area contributed by atoms with E-state index >= 15 is 0 Å². The Labute approximate surface area is 170 Å². The fraction of sp³-hybridized carbons (Fsp3) is 0.167. The number of methoxy groups -OCH3 is 1. The Balaban J connectivity index is 1.76. The van der Waals surface area contributed by atoms with E-state index < -0.39 is 0 Å². The average molecular weight is 389 g/mol. The van der Waals surface area contributed by atoms with E-state index in [1.165, 1.54) is 0 Å². The van der Waals surface area contributed by atoms with Gasteiger partial charge in [-0.05, 0) is 30.7 Å². The van der Waals surface area contributed by atoms with Crippen molar-refractivity contribution in [3.63, 3.8) is 0 Å². The molecule has 148 valence electrons. The monoisotopic (exact) mass is 389 g/mol. The largest absolute Gasteiger partial charge is 0.493 e. The Bertz CT molecular complexity index is 999. The summed E-state index contributed by atoms with van der Waals surface area (Å²) < 4.78 is 10.9. The van der Waals surface area contributed by atoms with E-state index in [1.807, 2.05) is 31.2 Å². The number of carbonyl (C=O) groups is 2. The van der Waals surface area contributed by atoms with Crippen molar-refractivity contribution in [2.75, 3.05) is 13.7 Å². The second-order valence-electron chi connectivity index (χ2n) is 6.34. The molecule has 0 radical (unpaired) electrons. The Morgan fingerprint density at radius 3 is 2.24 bits per heavy atom. The van der Waals surface area contributed by atoms with E-state index in [9.17, 15) is 9.59 Å². The van der Waals surface area contributed by atoms with Crippen LogP contribution in [0.15, 0.2) is 72.8 Å². The van der Waals surface area contributed by atoms with Crippen molar-refractivity contribution in [3.8, 4) is 11.5 Å². The molecule has 5 heteroatoms. The minimum Gasteiger partial charge on any atom is -0.493 e. The smallest absolute Gasteiger partial charge is 0.252 e. The van der Waals surface area contributed by atoms with Crippen molar-refractivity contribution >= 4 is 11.7 Å². The van der Waals surface area contributed by atoms with E-state index in [1.54, 1.807) is 55.6 Å². The number of ketones is 1. The maximum Gasteiger partial charge on any atom is 0.252 e. The number of amides is 1. The molecule has 29 heavy (non-hydrogen) atoms. The third-order valence-electron chi connectivity index (χ3n) is 4.43. The summed E-state index contributed by atoms with van der Waals surface area (Å²) in [6, 6.07) is 21.3. The molecule has 0 atom stereocenters. The van der Waals surface area contributed by atoms with Gasteiger partial charge in [0.05, 0.1) is 19.3 Å². The lowest BCUT2D eigenvalue weighted by Crippen LogP contribution is -2.25. The van der Waals surface area contributed by atoms with Crippen molar-refractivity contribution in [1.82, 2.24) is 5.32 Å². The van der Waals surface area contributed by atoms with Crippen LogP contribution in [0.1, 0.15) is 38.8 Å². The number of benzene rings is 3. The van der Waals surface area contributed by atoms with Crippen molar-refractivity contribution < 1.29 is 19.1 Å². The first-order valence-corrected chi connectivity index (χ1v) is 9.40. The zero-order chi connectivity index (χ0) is 20.6. The van der Waals surface area contributed by atoms with Gasteiger partial charge < -0.3 is 14.8 Å². The zero-order valence-electron chi connectivity index (χ0n) is 16.5. The van der Waals surface area contributed by atoms with Crippen molar-refractivity contribution in [2.45, 2.75) is 13.5 Å². The topological polar surface area (TPSA) is 64.6 Å². The molecule has 0 heterocycles. The van der Waals surface area contributed by atoms with E-state index in [4.69, 9.17) is 9.47 Å². The van der Waals surface area contributed by atoms with Gasteiger partial charge in [0.25, 0.3) is 5.91 Å². The van der Waals surface area contributed by atoms with Crippen LogP contribution in [0.2, 0.25) is 0 Å². The highest BCUT2D eigenvalue weighted by molar-refractivity contribution is 6.15. The summed E-state index contributed by atoms with van der Waals surface area (Å²) >= 11 is 0. The van der Waals surface area contributed by atoms with Crippen LogP contribution < -0.4 is 14.8 Å². The zero-order valence-corrected chi connectivity index (χ0v) is 16.5. The lowest BCUT2D eigenvalue weighted by molar-refractivity contribution is 0.0939. The lowest BCUT2D eigenvalue weighted by atomic mass is 9.98. The van der Waals surface area contributed by atoms with Crippen LogP contribution in [-0.2, 0) is 6.54 Å². The summed E-state index contributed by atoms with van der Waals surface area (Å²) in [6.07, 6.45) is 0. The van der Waals surface area contributed by atoms with Crippen molar-refractivity contribution in [3.05, 3.63) is 95.1 Å². The Morgan fingerprint density at radius 1 is 0.862 bits per heavy atom. The number of hydrogen-bond acceptors (Lipinski definition) is 4. The van der Waals surface area contributed by atoms with Crippen LogP contribution in [0, 0.1) is 0 Å². The van der Waals surface area contributed by atoms with Gasteiger partial charge >= 0.3 is 0 Å². The molecule has 3 aromatic rings. The molecule has 3 rings (SSSR count). The summed E-state index contributed by atoms with van der Waals surface area (Å²) in [5.41, 5.74) is 2.13. The fourth-order valence-corrected chi connectivity index (χ4v) is 3.00.